The van der Waals surface area contributed by atoms with Crippen LogP contribution in [-0.4, -0.2) is 45.0 Å². The largest absolute Gasteiger partial charge is 0.481 e. The summed E-state index contributed by atoms with van der Waals surface area (Å²) in [6, 6.07) is 16.1. The number of carboxylic acid groups (broad SMARTS) is 1. The number of aryl methyl sites for hydroxylation is 1. The Balaban J connectivity index is 1.27. The Labute approximate surface area is 202 Å². The summed E-state index contributed by atoms with van der Waals surface area (Å²) in [7, 11) is 1.63. The molecule has 0 radical (unpaired) electrons. The van der Waals surface area contributed by atoms with Crippen LogP contribution in [0.2, 0.25) is 0 Å². The van der Waals surface area contributed by atoms with Gasteiger partial charge in [0.15, 0.2) is 5.69 Å². The SMILES string of the molecule is Cn1cc(NC(=O)OCC2c3ccccc3-c3ccccc32)c(C(=O)NC2(CC(=O)O)CCC2)n1. The van der Waals surface area contributed by atoms with E-state index in [1.54, 1.807) is 7.05 Å². The van der Waals surface area contributed by atoms with E-state index in [-0.39, 0.29) is 30.3 Å². The van der Waals surface area contributed by atoms with Gasteiger partial charge in [0, 0.05) is 19.2 Å². The first kappa shape index (κ1) is 22.6. The Morgan fingerprint density at radius 3 is 2.29 bits per heavy atom. The second kappa shape index (κ2) is 8.90. The van der Waals surface area contributed by atoms with E-state index in [4.69, 9.17) is 4.74 Å². The summed E-state index contributed by atoms with van der Waals surface area (Å²) in [5.74, 6) is -1.58. The Morgan fingerprint density at radius 1 is 1.09 bits per heavy atom. The van der Waals surface area contributed by atoms with Gasteiger partial charge in [0.1, 0.15) is 6.61 Å². The van der Waals surface area contributed by atoms with Crippen molar-refractivity contribution in [3.05, 3.63) is 71.5 Å². The number of fused-ring (bicyclic) bond motifs is 3. The first-order valence-electron chi connectivity index (χ1n) is 11.6. The van der Waals surface area contributed by atoms with Crippen LogP contribution >= 0.6 is 0 Å². The minimum atomic E-state index is -0.969. The molecule has 1 aromatic heterocycles. The number of benzene rings is 2. The Morgan fingerprint density at radius 2 is 1.71 bits per heavy atom. The number of carbonyl (C=O) groups excluding carboxylic acids is 2. The van der Waals surface area contributed by atoms with Crippen LogP contribution in [-0.2, 0) is 16.6 Å². The molecule has 9 heteroatoms. The molecule has 0 atom stereocenters. The number of hydrogen-bond donors (Lipinski definition) is 3. The van der Waals surface area contributed by atoms with Crippen molar-refractivity contribution < 1.29 is 24.2 Å². The Bertz CT molecular complexity index is 1270. The smallest absolute Gasteiger partial charge is 0.411 e. The average molecular weight is 475 g/mol. The first-order valence-corrected chi connectivity index (χ1v) is 11.6. The van der Waals surface area contributed by atoms with Gasteiger partial charge in [0.05, 0.1) is 17.6 Å². The van der Waals surface area contributed by atoms with Gasteiger partial charge in [-0.3, -0.25) is 19.6 Å². The first-order chi connectivity index (χ1) is 16.8. The second-order valence-electron chi connectivity index (χ2n) is 9.17. The number of nitrogens with zero attached hydrogens (tertiary/aromatic N) is 2. The van der Waals surface area contributed by atoms with Crippen LogP contribution in [0.5, 0.6) is 0 Å². The van der Waals surface area contributed by atoms with Crippen LogP contribution in [0.15, 0.2) is 54.7 Å². The van der Waals surface area contributed by atoms with Gasteiger partial charge >= 0.3 is 12.1 Å². The van der Waals surface area contributed by atoms with E-state index in [0.717, 1.165) is 28.7 Å². The van der Waals surface area contributed by atoms with Crippen LogP contribution < -0.4 is 10.6 Å². The lowest BCUT2D eigenvalue weighted by Gasteiger charge is -2.41. The standard InChI is InChI=1S/C26H26N4O5/c1-30-14-21(23(29-30)24(33)28-26(11-6-12-26)13-22(31)32)27-25(34)35-15-20-18-9-4-2-7-16(18)17-8-3-5-10-19(17)20/h2-5,7-10,14,20H,6,11-13,15H2,1H3,(H,27,34)(H,28,33)(H,31,32). The van der Waals surface area contributed by atoms with Crippen LogP contribution in [0, 0.1) is 0 Å². The van der Waals surface area contributed by atoms with Crippen molar-refractivity contribution >= 4 is 23.7 Å². The summed E-state index contributed by atoms with van der Waals surface area (Å²) < 4.78 is 6.99. The summed E-state index contributed by atoms with van der Waals surface area (Å²) in [5.41, 5.74) is 3.91. The molecule has 9 nitrogen and oxygen atoms in total. The lowest BCUT2D eigenvalue weighted by atomic mass is 9.74. The van der Waals surface area contributed by atoms with E-state index in [2.05, 4.69) is 27.9 Å². The van der Waals surface area contributed by atoms with Crippen LogP contribution in [0.3, 0.4) is 0 Å². The quantitative estimate of drug-likeness (QED) is 0.477. The molecule has 0 saturated heterocycles. The molecule has 2 aliphatic rings. The number of nitrogens with one attached hydrogen (secondary N) is 2. The van der Waals surface area contributed by atoms with Crippen molar-refractivity contribution in [3.63, 3.8) is 0 Å². The Hall–Kier alpha value is -4.14. The molecule has 1 heterocycles. The normalized spacial score (nSPS) is 15.5. The number of aliphatic carboxylic acids is 1. The predicted molar refractivity (Wildman–Crippen MR) is 128 cm³/mol. The minimum Gasteiger partial charge on any atom is -0.481 e. The number of aromatic nitrogens is 2. The number of carbonyl (C=O) groups is 3. The van der Waals surface area contributed by atoms with Crippen molar-refractivity contribution in [2.45, 2.75) is 37.1 Å². The fourth-order valence-corrected chi connectivity index (χ4v) is 5.03. The molecule has 1 fully saturated rings. The zero-order chi connectivity index (χ0) is 24.6. The molecule has 3 aromatic rings. The lowest BCUT2D eigenvalue weighted by molar-refractivity contribution is -0.139. The van der Waals surface area contributed by atoms with Crippen molar-refractivity contribution in [2.24, 2.45) is 7.05 Å². The van der Waals surface area contributed by atoms with Gasteiger partial charge in [-0.1, -0.05) is 48.5 Å². The summed E-state index contributed by atoms with van der Waals surface area (Å²) in [5, 5.41) is 18.8. The van der Waals surface area contributed by atoms with E-state index >= 15 is 0 Å². The third-order valence-corrected chi connectivity index (χ3v) is 6.80. The zero-order valence-electron chi connectivity index (χ0n) is 19.3. The predicted octanol–water partition coefficient (Wildman–Crippen LogP) is 3.91. The van der Waals surface area contributed by atoms with E-state index < -0.39 is 23.5 Å². The topological polar surface area (TPSA) is 123 Å². The van der Waals surface area contributed by atoms with E-state index in [0.29, 0.717) is 12.8 Å². The number of amides is 2. The zero-order valence-corrected chi connectivity index (χ0v) is 19.3. The minimum absolute atomic E-state index is 0.0117. The molecule has 0 bridgehead atoms. The van der Waals surface area contributed by atoms with Crippen LogP contribution in [0.25, 0.3) is 11.1 Å². The number of hydrogen-bond acceptors (Lipinski definition) is 5. The maximum atomic E-state index is 12.9. The van der Waals surface area contributed by atoms with E-state index in [1.807, 2.05) is 36.4 Å². The molecule has 0 unspecified atom stereocenters. The molecule has 3 N–H and O–H groups in total. The molecule has 35 heavy (non-hydrogen) atoms. The third-order valence-electron chi connectivity index (χ3n) is 6.80. The van der Waals surface area contributed by atoms with Gasteiger partial charge in [-0.25, -0.2) is 4.79 Å². The molecular weight excluding hydrogens is 448 g/mol. The van der Waals surface area contributed by atoms with Gasteiger partial charge in [0.2, 0.25) is 0 Å². The molecule has 0 aliphatic heterocycles. The molecule has 5 rings (SSSR count). The van der Waals surface area contributed by atoms with Crippen LogP contribution in [0.1, 0.15) is 53.2 Å². The molecule has 0 spiro atoms. The number of anilines is 1. The van der Waals surface area contributed by atoms with Gasteiger partial charge in [-0.2, -0.15) is 5.10 Å². The highest BCUT2D eigenvalue weighted by Crippen LogP contribution is 2.44. The number of rotatable bonds is 7. The van der Waals surface area contributed by atoms with Crippen molar-refractivity contribution in [1.82, 2.24) is 15.1 Å². The van der Waals surface area contributed by atoms with Crippen molar-refractivity contribution in [2.75, 3.05) is 11.9 Å². The summed E-state index contributed by atoms with van der Waals surface area (Å²) in [6.45, 7) is 0.142. The number of carboxylic acids is 1. The highest BCUT2D eigenvalue weighted by Gasteiger charge is 2.41. The van der Waals surface area contributed by atoms with Crippen molar-refractivity contribution in [1.29, 1.82) is 0 Å². The van der Waals surface area contributed by atoms with E-state index in [1.165, 1.54) is 10.9 Å². The summed E-state index contributed by atoms with van der Waals surface area (Å²) in [6.07, 6.45) is 2.69. The number of ether oxygens (including phenoxy) is 1. The van der Waals surface area contributed by atoms with Gasteiger partial charge in [-0.15, -0.1) is 0 Å². The van der Waals surface area contributed by atoms with Crippen LogP contribution in [0.4, 0.5) is 10.5 Å². The second-order valence-corrected chi connectivity index (χ2v) is 9.17. The maximum absolute atomic E-state index is 12.9. The van der Waals surface area contributed by atoms with Gasteiger partial charge in [0.25, 0.3) is 5.91 Å². The highest BCUT2D eigenvalue weighted by atomic mass is 16.5. The van der Waals surface area contributed by atoms with Gasteiger partial charge in [-0.05, 0) is 41.5 Å². The molecule has 1 saturated carbocycles. The molecular formula is C26H26N4O5. The fourth-order valence-electron chi connectivity index (χ4n) is 5.03. The summed E-state index contributed by atoms with van der Waals surface area (Å²) in [4.78, 5) is 36.8. The molecule has 2 amide bonds. The third kappa shape index (κ3) is 4.37. The summed E-state index contributed by atoms with van der Waals surface area (Å²) >= 11 is 0. The average Bonchev–Trinajstić information content (AvgIpc) is 3.33. The maximum Gasteiger partial charge on any atom is 0.411 e. The molecule has 2 aliphatic carbocycles. The molecule has 180 valence electrons. The van der Waals surface area contributed by atoms with E-state index in [9.17, 15) is 19.5 Å². The monoisotopic (exact) mass is 474 g/mol. The molecule has 2 aromatic carbocycles. The fraction of sp³-hybridized carbons (Fsp3) is 0.308. The lowest BCUT2D eigenvalue weighted by Crippen LogP contribution is -2.54. The van der Waals surface area contributed by atoms with Gasteiger partial charge < -0.3 is 15.2 Å². The highest BCUT2D eigenvalue weighted by molar-refractivity contribution is 6.01. The Kier molecular flexibility index (Phi) is 5.76. The van der Waals surface area contributed by atoms with Crippen molar-refractivity contribution in [3.8, 4) is 11.1 Å².